The Bertz CT molecular complexity index is 1870. The van der Waals surface area contributed by atoms with Gasteiger partial charge in [0.05, 0.1) is 5.41 Å². The van der Waals surface area contributed by atoms with Crippen LogP contribution in [-0.2, 0) is 11.8 Å². The van der Waals surface area contributed by atoms with Gasteiger partial charge in [0.15, 0.2) is 0 Å². The Kier molecular flexibility index (Phi) is 5.02. The zero-order valence-corrected chi connectivity index (χ0v) is 22.1. The molecule has 1 N–H and O–H groups in total. The van der Waals surface area contributed by atoms with Crippen molar-refractivity contribution in [1.82, 2.24) is 0 Å². The van der Waals surface area contributed by atoms with Gasteiger partial charge >= 0.3 is 0 Å². The number of fused-ring (bicyclic) bond motifs is 10. The molecular weight excluding hydrogens is 482 g/mol. The molecule has 0 fully saturated rings. The lowest BCUT2D eigenvalue weighted by molar-refractivity contribution is 0.792. The zero-order valence-electron chi connectivity index (χ0n) is 22.1. The van der Waals surface area contributed by atoms with Gasteiger partial charge in [0.25, 0.3) is 0 Å². The van der Waals surface area contributed by atoms with E-state index < -0.39 is 0 Å². The van der Waals surface area contributed by atoms with Crippen molar-refractivity contribution in [3.8, 4) is 33.4 Å². The van der Waals surface area contributed by atoms with E-state index in [4.69, 9.17) is 5.41 Å². The second-order valence-corrected chi connectivity index (χ2v) is 10.9. The molecule has 0 aliphatic heterocycles. The Labute approximate surface area is 234 Å². The summed E-state index contributed by atoms with van der Waals surface area (Å²) < 4.78 is 0. The van der Waals surface area contributed by atoms with E-state index in [0.717, 1.165) is 5.56 Å². The second kappa shape index (κ2) is 8.76. The van der Waals surface area contributed by atoms with Crippen molar-refractivity contribution in [2.24, 2.45) is 0 Å². The summed E-state index contributed by atoms with van der Waals surface area (Å²) in [6.07, 6.45) is 0.591. The third-order valence-electron chi connectivity index (χ3n) is 8.78. The predicted molar refractivity (Wildman–Crippen MR) is 165 cm³/mol. The molecule has 0 saturated carbocycles. The van der Waals surface area contributed by atoms with Crippen molar-refractivity contribution in [3.63, 3.8) is 0 Å². The van der Waals surface area contributed by atoms with Crippen LogP contribution in [0.2, 0.25) is 0 Å². The van der Waals surface area contributed by atoms with Crippen molar-refractivity contribution in [1.29, 1.82) is 5.41 Å². The number of rotatable bonds is 4. The smallest absolute Gasteiger partial charge is 0.0725 e. The van der Waals surface area contributed by atoms with E-state index in [2.05, 4.69) is 140 Å². The Balaban J connectivity index is 1.23. The van der Waals surface area contributed by atoms with Crippen LogP contribution < -0.4 is 0 Å². The summed E-state index contributed by atoms with van der Waals surface area (Å²) >= 11 is 0. The SMILES string of the molecule is N=C(Cc1ccc2c(c1)C1(c3ccccc3-c3ccccc31)c1ccccc1-2)c1ccc(-c2ccccc2)cc1. The molecule has 188 valence electrons. The minimum absolute atomic E-state index is 0.339. The molecule has 6 aromatic rings. The molecule has 1 nitrogen and oxygen atoms in total. The van der Waals surface area contributed by atoms with Crippen LogP contribution in [-0.4, -0.2) is 5.71 Å². The monoisotopic (exact) mass is 509 g/mol. The first-order chi connectivity index (χ1) is 19.7. The highest BCUT2D eigenvalue weighted by Crippen LogP contribution is 2.62. The van der Waals surface area contributed by atoms with Crippen molar-refractivity contribution < 1.29 is 0 Å². The van der Waals surface area contributed by atoms with Crippen LogP contribution in [0.25, 0.3) is 33.4 Å². The first-order valence-corrected chi connectivity index (χ1v) is 13.9. The minimum Gasteiger partial charge on any atom is -0.304 e. The Hall–Kier alpha value is -5.01. The number of benzene rings is 6. The van der Waals surface area contributed by atoms with Gasteiger partial charge in [-0.2, -0.15) is 0 Å². The highest BCUT2D eigenvalue weighted by Gasteiger charge is 2.51. The van der Waals surface area contributed by atoms with E-state index in [9.17, 15) is 0 Å². The van der Waals surface area contributed by atoms with Crippen LogP contribution in [0.5, 0.6) is 0 Å². The van der Waals surface area contributed by atoms with E-state index in [1.54, 1.807) is 0 Å². The lowest BCUT2D eigenvalue weighted by Gasteiger charge is -2.30. The van der Waals surface area contributed by atoms with Gasteiger partial charge in [-0.1, -0.05) is 146 Å². The van der Waals surface area contributed by atoms with E-state index >= 15 is 0 Å². The topological polar surface area (TPSA) is 23.9 Å². The molecule has 8 rings (SSSR count). The van der Waals surface area contributed by atoms with Crippen LogP contribution in [0, 0.1) is 5.41 Å². The molecule has 0 saturated heterocycles. The molecule has 40 heavy (non-hydrogen) atoms. The van der Waals surface area contributed by atoms with Gasteiger partial charge in [-0.3, -0.25) is 0 Å². The molecule has 0 unspecified atom stereocenters. The zero-order chi connectivity index (χ0) is 26.7. The molecule has 1 spiro atoms. The Morgan fingerprint density at radius 3 is 1.50 bits per heavy atom. The van der Waals surface area contributed by atoms with Gasteiger partial charge in [-0.05, 0) is 66.8 Å². The summed E-state index contributed by atoms with van der Waals surface area (Å²) in [4.78, 5) is 0. The summed E-state index contributed by atoms with van der Waals surface area (Å²) in [5.74, 6) is 0. The summed E-state index contributed by atoms with van der Waals surface area (Å²) in [5.41, 5.74) is 15.4. The molecule has 0 amide bonds. The van der Waals surface area contributed by atoms with Gasteiger partial charge in [0.1, 0.15) is 0 Å². The van der Waals surface area contributed by atoms with Gasteiger partial charge in [0, 0.05) is 12.1 Å². The number of nitrogens with one attached hydrogen (secondary N) is 1. The third-order valence-corrected chi connectivity index (χ3v) is 8.78. The van der Waals surface area contributed by atoms with Crippen molar-refractivity contribution >= 4 is 5.71 Å². The fourth-order valence-electron chi connectivity index (χ4n) is 7.05. The summed E-state index contributed by atoms with van der Waals surface area (Å²) in [7, 11) is 0. The Morgan fingerprint density at radius 1 is 0.450 bits per heavy atom. The minimum atomic E-state index is -0.339. The summed E-state index contributed by atoms with van der Waals surface area (Å²) in [5, 5.41) is 9.00. The summed E-state index contributed by atoms with van der Waals surface area (Å²) in [6.45, 7) is 0. The third kappa shape index (κ3) is 3.18. The standard InChI is InChI=1S/C39H27N/c40-38(29-21-19-28(20-22-29)27-10-2-1-3-11-27)25-26-18-23-33-32-14-6-9-17-36(32)39(37(33)24-26)34-15-7-4-12-30(34)31-13-5-8-16-35(31)39/h1-24,40H,25H2. The van der Waals surface area contributed by atoms with E-state index in [1.807, 2.05) is 6.07 Å². The molecule has 0 atom stereocenters. The van der Waals surface area contributed by atoms with Gasteiger partial charge in [-0.15, -0.1) is 0 Å². The van der Waals surface area contributed by atoms with Crippen molar-refractivity contribution in [2.45, 2.75) is 11.8 Å². The van der Waals surface area contributed by atoms with E-state index in [1.165, 1.54) is 61.2 Å². The Morgan fingerprint density at radius 2 is 0.925 bits per heavy atom. The van der Waals surface area contributed by atoms with Crippen molar-refractivity contribution in [2.75, 3.05) is 0 Å². The number of hydrogen-bond acceptors (Lipinski definition) is 1. The highest BCUT2D eigenvalue weighted by molar-refractivity contribution is 6.00. The van der Waals surface area contributed by atoms with Gasteiger partial charge < -0.3 is 5.41 Å². The van der Waals surface area contributed by atoms with E-state index in [-0.39, 0.29) is 5.41 Å². The number of hydrogen-bond donors (Lipinski definition) is 1. The largest absolute Gasteiger partial charge is 0.304 e. The molecule has 1 heteroatoms. The quantitative estimate of drug-likeness (QED) is 0.229. The van der Waals surface area contributed by atoms with Crippen LogP contribution >= 0.6 is 0 Å². The fraction of sp³-hybridized carbons (Fsp3) is 0.0513. The highest BCUT2D eigenvalue weighted by atomic mass is 14.5. The van der Waals surface area contributed by atoms with Gasteiger partial charge in [-0.25, -0.2) is 0 Å². The summed E-state index contributed by atoms with van der Waals surface area (Å²) in [6, 6.07) is 52.4. The first-order valence-electron chi connectivity index (χ1n) is 13.9. The maximum Gasteiger partial charge on any atom is 0.0725 e. The lowest BCUT2D eigenvalue weighted by atomic mass is 9.70. The average Bonchev–Trinajstić information content (AvgIpc) is 3.49. The van der Waals surface area contributed by atoms with Crippen LogP contribution in [0.4, 0.5) is 0 Å². The molecule has 0 aromatic heterocycles. The maximum absolute atomic E-state index is 9.00. The molecule has 0 heterocycles. The molecule has 0 radical (unpaired) electrons. The molecule has 2 aliphatic rings. The van der Waals surface area contributed by atoms with Crippen molar-refractivity contribution in [3.05, 3.63) is 179 Å². The first kappa shape index (κ1) is 22.9. The van der Waals surface area contributed by atoms with E-state index in [0.29, 0.717) is 12.1 Å². The molecule has 6 aromatic carbocycles. The van der Waals surface area contributed by atoms with Gasteiger partial charge in [0.2, 0.25) is 0 Å². The normalized spacial score (nSPS) is 13.4. The molecule has 2 aliphatic carbocycles. The second-order valence-electron chi connectivity index (χ2n) is 10.9. The molecular formula is C39H27N. The predicted octanol–water partition coefficient (Wildman–Crippen LogP) is 9.31. The molecule has 0 bridgehead atoms. The fourth-order valence-corrected chi connectivity index (χ4v) is 7.05. The maximum atomic E-state index is 9.00. The van der Waals surface area contributed by atoms with Crippen LogP contribution in [0.15, 0.2) is 146 Å². The average molecular weight is 510 g/mol. The van der Waals surface area contributed by atoms with Crippen LogP contribution in [0.1, 0.15) is 33.4 Å². The lowest BCUT2D eigenvalue weighted by Crippen LogP contribution is -2.26. The van der Waals surface area contributed by atoms with Crippen LogP contribution in [0.3, 0.4) is 0 Å².